The number of hydrogen-bond acceptors (Lipinski definition) is 3. The van der Waals surface area contributed by atoms with Crippen LogP contribution in [-0.2, 0) is 12.8 Å². The van der Waals surface area contributed by atoms with Crippen LogP contribution in [-0.4, -0.2) is 4.92 Å². The molecule has 0 fully saturated rings. The third-order valence-electron chi connectivity index (χ3n) is 4.48. The van der Waals surface area contributed by atoms with Gasteiger partial charge in [-0.2, -0.15) is 0 Å². The van der Waals surface area contributed by atoms with Gasteiger partial charge in [0.2, 0.25) is 0 Å². The summed E-state index contributed by atoms with van der Waals surface area (Å²) in [5.41, 5.74) is 4.21. The average Bonchev–Trinajstić information content (AvgIpc) is 3.09. The minimum Gasteiger partial charge on any atom is -0.461 e. The second-order valence-corrected chi connectivity index (χ2v) is 6.25. The molecule has 0 bridgehead atoms. The Hall–Kier alpha value is -3.40. The SMILES string of the molecule is O=[N+]([O-])c1ccc(-c2ccc3oc(CCc4ccccc4)cc3c2)cc1. The average molecular weight is 343 g/mol. The summed E-state index contributed by atoms with van der Waals surface area (Å²) in [6.07, 6.45) is 1.79. The van der Waals surface area contributed by atoms with Crippen molar-refractivity contribution in [3.05, 3.63) is 100 Å². The van der Waals surface area contributed by atoms with Crippen molar-refractivity contribution >= 4 is 16.7 Å². The number of aryl methyl sites for hydroxylation is 2. The molecule has 0 spiro atoms. The Morgan fingerprint density at radius 3 is 2.27 bits per heavy atom. The molecule has 0 N–H and O–H groups in total. The first-order valence-electron chi connectivity index (χ1n) is 8.50. The summed E-state index contributed by atoms with van der Waals surface area (Å²) in [6.45, 7) is 0. The van der Waals surface area contributed by atoms with Crippen molar-refractivity contribution in [2.24, 2.45) is 0 Å². The molecule has 26 heavy (non-hydrogen) atoms. The molecule has 4 nitrogen and oxygen atoms in total. The summed E-state index contributed by atoms with van der Waals surface area (Å²) in [7, 11) is 0. The van der Waals surface area contributed by atoms with E-state index in [-0.39, 0.29) is 10.6 Å². The predicted molar refractivity (Wildman–Crippen MR) is 102 cm³/mol. The Kier molecular flexibility index (Phi) is 4.23. The first-order chi connectivity index (χ1) is 12.7. The van der Waals surface area contributed by atoms with Crippen molar-refractivity contribution in [3.8, 4) is 11.1 Å². The molecule has 0 aliphatic carbocycles. The molecule has 0 saturated heterocycles. The van der Waals surface area contributed by atoms with Gasteiger partial charge in [0.05, 0.1) is 4.92 Å². The normalized spacial score (nSPS) is 10.9. The molecule has 0 saturated carbocycles. The van der Waals surface area contributed by atoms with Gasteiger partial charge in [0.1, 0.15) is 11.3 Å². The highest BCUT2D eigenvalue weighted by molar-refractivity contribution is 5.84. The van der Waals surface area contributed by atoms with Crippen molar-refractivity contribution < 1.29 is 9.34 Å². The number of non-ortho nitro benzene ring substituents is 1. The lowest BCUT2D eigenvalue weighted by molar-refractivity contribution is -0.384. The first-order valence-corrected chi connectivity index (χ1v) is 8.50. The van der Waals surface area contributed by atoms with Gasteiger partial charge in [0, 0.05) is 23.9 Å². The standard InChI is InChI=1S/C22H17NO3/c24-23(25)20-10-7-17(8-11-20)18-9-13-22-19(14-18)15-21(26-22)12-6-16-4-2-1-3-5-16/h1-5,7-11,13-15H,6,12H2. The van der Waals surface area contributed by atoms with Gasteiger partial charge in [0.25, 0.3) is 5.69 Å². The summed E-state index contributed by atoms with van der Waals surface area (Å²) in [5, 5.41) is 11.8. The number of benzene rings is 3. The van der Waals surface area contributed by atoms with Gasteiger partial charge in [-0.25, -0.2) is 0 Å². The second-order valence-electron chi connectivity index (χ2n) is 6.25. The maximum Gasteiger partial charge on any atom is 0.269 e. The minimum atomic E-state index is -0.387. The Balaban J connectivity index is 1.56. The number of rotatable bonds is 5. The van der Waals surface area contributed by atoms with E-state index >= 15 is 0 Å². The summed E-state index contributed by atoms with van der Waals surface area (Å²) in [5.74, 6) is 0.963. The highest BCUT2D eigenvalue weighted by Gasteiger charge is 2.08. The minimum absolute atomic E-state index is 0.0985. The molecule has 4 heteroatoms. The van der Waals surface area contributed by atoms with Gasteiger partial charge < -0.3 is 4.42 Å². The molecule has 0 aliphatic heterocycles. The Morgan fingerprint density at radius 1 is 0.808 bits per heavy atom. The van der Waals surface area contributed by atoms with Gasteiger partial charge >= 0.3 is 0 Å². The second kappa shape index (κ2) is 6.84. The number of furan rings is 1. The lowest BCUT2D eigenvalue weighted by atomic mass is 10.0. The van der Waals surface area contributed by atoms with E-state index in [0.717, 1.165) is 40.7 Å². The van der Waals surface area contributed by atoms with Gasteiger partial charge in [0.15, 0.2) is 0 Å². The third kappa shape index (κ3) is 3.35. The van der Waals surface area contributed by atoms with Crippen LogP contribution in [0.15, 0.2) is 83.3 Å². The van der Waals surface area contributed by atoms with E-state index in [0.29, 0.717) is 0 Å². The zero-order valence-electron chi connectivity index (χ0n) is 14.1. The van der Waals surface area contributed by atoms with Crippen molar-refractivity contribution in [1.82, 2.24) is 0 Å². The van der Waals surface area contributed by atoms with Crippen LogP contribution >= 0.6 is 0 Å². The fourth-order valence-corrected chi connectivity index (χ4v) is 3.09. The van der Waals surface area contributed by atoms with Gasteiger partial charge in [-0.1, -0.05) is 36.4 Å². The Labute approximate surface area is 150 Å². The maximum atomic E-state index is 10.8. The molecule has 4 rings (SSSR count). The molecule has 4 aromatic rings. The van der Waals surface area contributed by atoms with E-state index in [1.54, 1.807) is 12.1 Å². The van der Waals surface area contributed by atoms with Crippen molar-refractivity contribution in [1.29, 1.82) is 0 Å². The van der Waals surface area contributed by atoms with Crippen LogP contribution in [0.25, 0.3) is 22.1 Å². The summed E-state index contributed by atoms with van der Waals surface area (Å²) < 4.78 is 5.94. The Bertz CT molecular complexity index is 1050. The summed E-state index contributed by atoms with van der Waals surface area (Å²) >= 11 is 0. The summed E-state index contributed by atoms with van der Waals surface area (Å²) in [6, 6.07) is 25.0. The third-order valence-corrected chi connectivity index (χ3v) is 4.48. The number of hydrogen-bond donors (Lipinski definition) is 0. The van der Waals surface area contributed by atoms with Crippen LogP contribution in [0.2, 0.25) is 0 Å². The lowest BCUT2D eigenvalue weighted by Crippen LogP contribution is -1.88. The predicted octanol–water partition coefficient (Wildman–Crippen LogP) is 5.79. The van der Waals surface area contributed by atoms with Crippen molar-refractivity contribution in [2.75, 3.05) is 0 Å². The largest absolute Gasteiger partial charge is 0.461 e. The molecule has 0 amide bonds. The van der Waals surface area contributed by atoms with E-state index in [4.69, 9.17) is 4.42 Å². The number of nitro benzene ring substituents is 1. The smallest absolute Gasteiger partial charge is 0.269 e. The zero-order valence-corrected chi connectivity index (χ0v) is 14.1. The Morgan fingerprint density at radius 2 is 1.54 bits per heavy atom. The van der Waals surface area contributed by atoms with Crippen LogP contribution in [0.3, 0.4) is 0 Å². The van der Waals surface area contributed by atoms with E-state index in [2.05, 4.69) is 24.3 Å². The molecule has 0 radical (unpaired) electrons. The molecule has 0 aliphatic rings. The van der Waals surface area contributed by atoms with E-state index < -0.39 is 0 Å². The van der Waals surface area contributed by atoms with E-state index in [1.807, 2.05) is 30.3 Å². The molecule has 1 heterocycles. The molecular weight excluding hydrogens is 326 g/mol. The quantitative estimate of drug-likeness (QED) is 0.340. The molecule has 128 valence electrons. The number of nitro groups is 1. The fourth-order valence-electron chi connectivity index (χ4n) is 3.09. The maximum absolute atomic E-state index is 10.8. The lowest BCUT2D eigenvalue weighted by Gasteiger charge is -2.01. The fraction of sp³-hybridized carbons (Fsp3) is 0.0909. The van der Waals surface area contributed by atoms with Crippen LogP contribution in [0.5, 0.6) is 0 Å². The summed E-state index contributed by atoms with van der Waals surface area (Å²) in [4.78, 5) is 10.4. The van der Waals surface area contributed by atoms with Crippen LogP contribution in [0, 0.1) is 10.1 Å². The van der Waals surface area contributed by atoms with E-state index in [9.17, 15) is 10.1 Å². The van der Waals surface area contributed by atoms with Gasteiger partial charge in [-0.3, -0.25) is 10.1 Å². The molecule has 1 aromatic heterocycles. The monoisotopic (exact) mass is 343 g/mol. The van der Waals surface area contributed by atoms with Crippen LogP contribution in [0.4, 0.5) is 5.69 Å². The molecule has 0 atom stereocenters. The highest BCUT2D eigenvalue weighted by atomic mass is 16.6. The van der Waals surface area contributed by atoms with Crippen LogP contribution in [0.1, 0.15) is 11.3 Å². The van der Waals surface area contributed by atoms with Gasteiger partial charge in [-0.05, 0) is 53.4 Å². The highest BCUT2D eigenvalue weighted by Crippen LogP contribution is 2.28. The van der Waals surface area contributed by atoms with Crippen LogP contribution < -0.4 is 0 Å². The zero-order chi connectivity index (χ0) is 17.9. The number of fused-ring (bicyclic) bond motifs is 1. The number of nitrogens with zero attached hydrogens (tertiary/aromatic N) is 1. The molecule has 0 unspecified atom stereocenters. The first kappa shape index (κ1) is 16.1. The van der Waals surface area contributed by atoms with Crippen molar-refractivity contribution in [3.63, 3.8) is 0 Å². The molecular formula is C22H17NO3. The molecule has 3 aromatic carbocycles. The van der Waals surface area contributed by atoms with E-state index in [1.165, 1.54) is 17.7 Å². The van der Waals surface area contributed by atoms with Crippen molar-refractivity contribution in [2.45, 2.75) is 12.8 Å². The topological polar surface area (TPSA) is 56.3 Å². The van der Waals surface area contributed by atoms with Gasteiger partial charge in [-0.15, -0.1) is 0 Å².